The molecule has 1 atom stereocenters. The molecule has 0 spiro atoms. The van der Waals surface area contributed by atoms with Crippen molar-refractivity contribution in [2.75, 3.05) is 23.4 Å². The number of aryl methyl sites for hydroxylation is 2. The number of fused-ring (bicyclic) bond motifs is 1. The summed E-state index contributed by atoms with van der Waals surface area (Å²) in [6.07, 6.45) is 0. The Kier molecular flexibility index (Phi) is 4.95. The summed E-state index contributed by atoms with van der Waals surface area (Å²) in [4.78, 5) is 26.2. The van der Waals surface area contributed by atoms with Crippen molar-refractivity contribution in [3.05, 3.63) is 53.1 Å². The van der Waals surface area contributed by atoms with Gasteiger partial charge in [0.1, 0.15) is 12.3 Å². The lowest BCUT2D eigenvalue weighted by Gasteiger charge is -2.29. The number of ether oxygens (including phenoxy) is 1. The maximum atomic E-state index is 12.5. The highest BCUT2D eigenvalue weighted by Crippen LogP contribution is 2.34. The van der Waals surface area contributed by atoms with E-state index in [9.17, 15) is 9.59 Å². The predicted octanol–water partition coefficient (Wildman–Crippen LogP) is 2.69. The summed E-state index contributed by atoms with van der Waals surface area (Å²) < 4.78 is 5.47. The van der Waals surface area contributed by atoms with Crippen LogP contribution in [0.4, 0.5) is 11.4 Å². The van der Waals surface area contributed by atoms with Crippen LogP contribution in [0.25, 0.3) is 0 Å². The van der Waals surface area contributed by atoms with Crippen molar-refractivity contribution in [2.45, 2.75) is 26.8 Å². The first kappa shape index (κ1) is 17.9. The van der Waals surface area contributed by atoms with E-state index in [0.717, 1.165) is 16.7 Å². The zero-order valence-corrected chi connectivity index (χ0v) is 15.2. The molecule has 136 valence electrons. The number of rotatable bonds is 4. The number of carbonyl (C=O) groups is 2. The van der Waals surface area contributed by atoms with Crippen LogP contribution >= 0.6 is 0 Å². The van der Waals surface area contributed by atoms with Crippen molar-refractivity contribution in [3.63, 3.8) is 0 Å². The van der Waals surface area contributed by atoms with E-state index in [2.05, 4.69) is 5.32 Å². The van der Waals surface area contributed by atoms with Gasteiger partial charge in [-0.25, -0.2) is 0 Å². The Hall–Kier alpha value is -2.86. The number of benzene rings is 2. The second-order valence-corrected chi connectivity index (χ2v) is 6.63. The van der Waals surface area contributed by atoms with Crippen LogP contribution in [0.2, 0.25) is 0 Å². The highest BCUT2D eigenvalue weighted by atomic mass is 16.5. The summed E-state index contributed by atoms with van der Waals surface area (Å²) in [5, 5.41) is 2.85. The first-order valence-corrected chi connectivity index (χ1v) is 8.55. The predicted molar refractivity (Wildman–Crippen MR) is 101 cm³/mol. The molecule has 3 rings (SSSR count). The summed E-state index contributed by atoms with van der Waals surface area (Å²) in [7, 11) is 0. The molecule has 0 saturated heterocycles. The van der Waals surface area contributed by atoms with Crippen LogP contribution in [0.1, 0.15) is 29.7 Å². The molecule has 0 fully saturated rings. The standard InChI is InChI=1S/C20H23N3O3/c1-12-4-6-16(8-13(12)2)22-19(24)10-23-17-9-15(14(3)21)5-7-18(17)26-11-20(23)25/h4-9,14H,10-11,21H2,1-3H3,(H,22,24). The molecule has 1 unspecified atom stereocenters. The molecule has 1 heterocycles. The molecule has 6 heteroatoms. The summed E-state index contributed by atoms with van der Waals surface area (Å²) in [6, 6.07) is 11.0. The summed E-state index contributed by atoms with van der Waals surface area (Å²) in [6.45, 7) is 5.71. The smallest absolute Gasteiger partial charge is 0.265 e. The Balaban J connectivity index is 1.80. The highest BCUT2D eigenvalue weighted by Gasteiger charge is 2.28. The van der Waals surface area contributed by atoms with Crippen molar-refractivity contribution >= 4 is 23.2 Å². The monoisotopic (exact) mass is 353 g/mol. The van der Waals surface area contributed by atoms with Gasteiger partial charge < -0.3 is 15.8 Å². The van der Waals surface area contributed by atoms with Crippen LogP contribution in [0.5, 0.6) is 5.75 Å². The van der Waals surface area contributed by atoms with Gasteiger partial charge in [0.25, 0.3) is 5.91 Å². The van der Waals surface area contributed by atoms with Gasteiger partial charge in [-0.3, -0.25) is 14.5 Å². The number of nitrogens with two attached hydrogens (primary N) is 1. The van der Waals surface area contributed by atoms with Crippen LogP contribution in [0.3, 0.4) is 0 Å². The lowest BCUT2D eigenvalue weighted by atomic mass is 10.1. The van der Waals surface area contributed by atoms with Crippen LogP contribution in [-0.2, 0) is 9.59 Å². The number of hydrogen-bond donors (Lipinski definition) is 2. The SMILES string of the molecule is Cc1ccc(NC(=O)CN2C(=O)COc3ccc(C(C)N)cc32)cc1C. The third-order valence-corrected chi connectivity index (χ3v) is 4.54. The highest BCUT2D eigenvalue weighted by molar-refractivity contribution is 6.05. The molecule has 0 radical (unpaired) electrons. The molecule has 2 amide bonds. The van der Waals surface area contributed by atoms with Gasteiger partial charge in [0.2, 0.25) is 5.91 Å². The van der Waals surface area contributed by atoms with Crippen LogP contribution in [0, 0.1) is 13.8 Å². The molecule has 26 heavy (non-hydrogen) atoms. The average Bonchev–Trinajstić information content (AvgIpc) is 2.60. The van der Waals surface area contributed by atoms with Gasteiger partial charge in [-0.15, -0.1) is 0 Å². The fourth-order valence-electron chi connectivity index (χ4n) is 2.84. The summed E-state index contributed by atoms with van der Waals surface area (Å²) in [5.41, 5.74) is 10.3. The lowest BCUT2D eigenvalue weighted by Crippen LogP contribution is -2.43. The molecule has 0 saturated carbocycles. The van der Waals surface area contributed by atoms with Gasteiger partial charge in [0, 0.05) is 11.7 Å². The number of anilines is 2. The zero-order chi connectivity index (χ0) is 18.8. The van der Waals surface area contributed by atoms with Gasteiger partial charge in [-0.2, -0.15) is 0 Å². The number of carbonyl (C=O) groups excluding carboxylic acids is 2. The summed E-state index contributed by atoms with van der Waals surface area (Å²) >= 11 is 0. The number of nitrogens with one attached hydrogen (secondary N) is 1. The molecule has 2 aromatic carbocycles. The maximum Gasteiger partial charge on any atom is 0.265 e. The third kappa shape index (κ3) is 3.70. The summed E-state index contributed by atoms with van der Waals surface area (Å²) in [5.74, 6) is 0.0585. The molecule has 0 aliphatic carbocycles. The van der Waals surface area contributed by atoms with Gasteiger partial charge in [-0.05, 0) is 61.7 Å². The van der Waals surface area contributed by atoms with Crippen molar-refractivity contribution < 1.29 is 14.3 Å². The minimum atomic E-state index is -0.263. The first-order valence-electron chi connectivity index (χ1n) is 8.55. The van der Waals surface area contributed by atoms with Gasteiger partial charge >= 0.3 is 0 Å². The van der Waals surface area contributed by atoms with Gasteiger partial charge in [0.05, 0.1) is 5.69 Å². The van der Waals surface area contributed by atoms with E-state index < -0.39 is 0 Å². The molecular weight excluding hydrogens is 330 g/mol. The van der Waals surface area contributed by atoms with E-state index >= 15 is 0 Å². The third-order valence-electron chi connectivity index (χ3n) is 4.54. The van der Waals surface area contributed by atoms with Gasteiger partial charge in [-0.1, -0.05) is 12.1 Å². The van der Waals surface area contributed by atoms with Crippen molar-refractivity contribution in [1.29, 1.82) is 0 Å². The minimum absolute atomic E-state index is 0.0788. The first-order chi connectivity index (χ1) is 12.3. The largest absolute Gasteiger partial charge is 0.482 e. The number of nitrogens with zero attached hydrogens (tertiary/aromatic N) is 1. The van der Waals surface area contributed by atoms with Crippen molar-refractivity contribution in [3.8, 4) is 5.75 Å². The normalized spacial score (nSPS) is 14.5. The number of hydrogen-bond acceptors (Lipinski definition) is 4. The Morgan fingerprint density at radius 1 is 1.23 bits per heavy atom. The fourth-order valence-corrected chi connectivity index (χ4v) is 2.84. The van der Waals surface area contributed by atoms with Crippen molar-refractivity contribution in [1.82, 2.24) is 0 Å². The van der Waals surface area contributed by atoms with E-state index in [1.54, 1.807) is 12.1 Å². The minimum Gasteiger partial charge on any atom is -0.482 e. The number of amides is 2. The fraction of sp³-hybridized carbons (Fsp3) is 0.300. The Morgan fingerprint density at radius 2 is 2.00 bits per heavy atom. The van der Waals surface area contributed by atoms with E-state index in [1.165, 1.54) is 4.90 Å². The Morgan fingerprint density at radius 3 is 2.69 bits per heavy atom. The van der Waals surface area contributed by atoms with E-state index in [0.29, 0.717) is 17.1 Å². The lowest BCUT2D eigenvalue weighted by molar-refractivity contribution is -0.123. The molecule has 2 aromatic rings. The van der Waals surface area contributed by atoms with Gasteiger partial charge in [0.15, 0.2) is 6.61 Å². The molecule has 0 bridgehead atoms. The molecule has 0 aromatic heterocycles. The molecule has 1 aliphatic heterocycles. The topological polar surface area (TPSA) is 84.7 Å². The van der Waals surface area contributed by atoms with Crippen LogP contribution in [0.15, 0.2) is 36.4 Å². The van der Waals surface area contributed by atoms with E-state index in [4.69, 9.17) is 10.5 Å². The van der Waals surface area contributed by atoms with Crippen LogP contribution < -0.4 is 20.7 Å². The quantitative estimate of drug-likeness (QED) is 0.885. The zero-order valence-electron chi connectivity index (χ0n) is 15.2. The Bertz CT molecular complexity index is 861. The van der Waals surface area contributed by atoms with Crippen LogP contribution in [-0.4, -0.2) is 25.0 Å². The van der Waals surface area contributed by atoms with Crippen molar-refractivity contribution in [2.24, 2.45) is 5.73 Å². The van der Waals surface area contributed by atoms with E-state index in [1.807, 2.05) is 45.0 Å². The second-order valence-electron chi connectivity index (χ2n) is 6.63. The molecule has 6 nitrogen and oxygen atoms in total. The second kappa shape index (κ2) is 7.17. The van der Waals surface area contributed by atoms with E-state index in [-0.39, 0.29) is 31.0 Å². The Labute approximate surface area is 152 Å². The average molecular weight is 353 g/mol. The maximum absolute atomic E-state index is 12.5. The molecule has 1 aliphatic rings. The molecule has 3 N–H and O–H groups in total. The molecular formula is C20H23N3O3.